The molecule has 0 fully saturated rings. The number of benzene rings is 4. The van der Waals surface area contributed by atoms with Crippen LogP contribution in [0, 0.1) is 0 Å². The monoisotopic (exact) mass is 502 g/mol. The van der Waals surface area contributed by atoms with Gasteiger partial charge in [0.1, 0.15) is 0 Å². The summed E-state index contributed by atoms with van der Waals surface area (Å²) in [5.41, 5.74) is 7.62. The number of rotatable bonds is 5. The van der Waals surface area contributed by atoms with E-state index in [1.165, 1.54) is 13.1 Å². The molecule has 0 nitrogen and oxygen atoms in total. The summed E-state index contributed by atoms with van der Waals surface area (Å²) in [7, 11) is 0. The Morgan fingerprint density at radius 1 is 0.379 bits per heavy atom. The van der Waals surface area contributed by atoms with E-state index in [2.05, 4.69) is 132 Å². The van der Waals surface area contributed by atoms with Crippen LogP contribution < -0.4 is 21.8 Å². The van der Waals surface area contributed by atoms with Gasteiger partial charge in [0.05, 0.1) is 0 Å². The van der Waals surface area contributed by atoms with Crippen molar-refractivity contribution in [3.8, 4) is 0 Å². The Morgan fingerprint density at radius 3 is 1.17 bits per heavy atom. The first-order valence-corrected chi connectivity index (χ1v) is 20.3. The van der Waals surface area contributed by atoms with Crippen molar-refractivity contribution in [2.75, 3.05) is 0 Å². The first kappa shape index (κ1) is 20.3. The Kier molecular flexibility index (Phi) is 5.87. The van der Waals surface area contributed by atoms with E-state index in [-0.39, 0.29) is 0 Å². The van der Waals surface area contributed by atoms with Crippen molar-refractivity contribution in [3.63, 3.8) is 0 Å². The fourth-order valence-corrected chi connectivity index (χ4v) is 20.8. The van der Waals surface area contributed by atoms with Gasteiger partial charge >= 0.3 is 181 Å². The average molecular weight is 502 g/mol. The van der Waals surface area contributed by atoms with Crippen LogP contribution in [0.15, 0.2) is 115 Å². The minimum absolute atomic E-state index is 1.51. The van der Waals surface area contributed by atoms with Gasteiger partial charge in [-0.3, -0.25) is 0 Å². The van der Waals surface area contributed by atoms with Gasteiger partial charge in [-0.2, -0.15) is 0 Å². The van der Waals surface area contributed by atoms with E-state index in [0.717, 1.165) is 0 Å². The average Bonchev–Trinajstić information content (AvgIpc) is 2.80. The summed E-state index contributed by atoms with van der Waals surface area (Å²) in [6.07, 6.45) is 0. The third-order valence-corrected chi connectivity index (χ3v) is 21.8. The van der Waals surface area contributed by atoms with Crippen molar-refractivity contribution in [2.24, 2.45) is 0 Å². The zero-order valence-electron chi connectivity index (χ0n) is 17.4. The van der Waals surface area contributed by atoms with E-state index < -0.39 is 27.1 Å². The molecule has 2 heteroatoms. The molecule has 4 aromatic rings. The molecule has 0 amide bonds. The van der Waals surface area contributed by atoms with E-state index in [9.17, 15) is 0 Å². The van der Waals surface area contributed by atoms with Gasteiger partial charge in [0.15, 0.2) is 0 Å². The molecule has 0 aliphatic carbocycles. The Hall–Kier alpha value is -2.00. The van der Waals surface area contributed by atoms with Crippen LogP contribution in [0.4, 0.5) is 0 Å². The molecule has 2 radical (unpaired) electrons. The minimum atomic E-state index is -2.58. The number of hydrogen-bond donors (Lipinski definition) is 0. The molecule has 0 heterocycles. The van der Waals surface area contributed by atoms with Crippen molar-refractivity contribution in [3.05, 3.63) is 115 Å². The Bertz CT molecular complexity index is 1030. The van der Waals surface area contributed by atoms with Gasteiger partial charge in [-0.1, -0.05) is 0 Å². The molecule has 29 heavy (non-hydrogen) atoms. The summed E-state index contributed by atoms with van der Waals surface area (Å²) < 4.78 is 7.76. The molecule has 0 bridgehead atoms. The molecule has 0 unspecified atom stereocenters. The third-order valence-electron chi connectivity index (χ3n) is 5.91. The Morgan fingerprint density at radius 2 is 0.724 bits per heavy atom. The molecule has 0 N–H and O–H groups in total. The molecule has 0 aromatic heterocycles. The second-order valence-electron chi connectivity index (χ2n) is 7.96. The van der Waals surface area contributed by atoms with Gasteiger partial charge in [-0.05, 0) is 0 Å². The van der Waals surface area contributed by atoms with Gasteiger partial charge in [-0.25, -0.2) is 0 Å². The van der Waals surface area contributed by atoms with Crippen LogP contribution in [0.3, 0.4) is 0 Å². The normalized spacial score (nSPS) is 12.0. The molecular formula is C27H28As2. The van der Waals surface area contributed by atoms with Gasteiger partial charge in [0.25, 0.3) is 0 Å². The van der Waals surface area contributed by atoms with E-state index in [0.29, 0.717) is 0 Å². The van der Waals surface area contributed by atoms with Gasteiger partial charge in [0.2, 0.25) is 0 Å². The number of hydrogen-bond acceptors (Lipinski definition) is 0. The maximum atomic E-state index is 2.56. The van der Waals surface area contributed by atoms with Crippen molar-refractivity contribution in [1.29, 1.82) is 0 Å². The van der Waals surface area contributed by atoms with Crippen LogP contribution in [0.5, 0.6) is 0 Å². The summed E-state index contributed by atoms with van der Waals surface area (Å²) >= 11 is -4.83. The second kappa shape index (κ2) is 8.39. The first-order valence-electron chi connectivity index (χ1n) is 10.0. The van der Waals surface area contributed by atoms with E-state index in [1.807, 2.05) is 0 Å². The molecule has 0 spiro atoms. The quantitative estimate of drug-likeness (QED) is 0.366. The van der Waals surface area contributed by atoms with E-state index in [1.54, 1.807) is 8.70 Å². The fourth-order valence-electron chi connectivity index (χ4n) is 4.13. The van der Waals surface area contributed by atoms with Crippen LogP contribution in [-0.2, 0) is 0 Å². The van der Waals surface area contributed by atoms with E-state index >= 15 is 0 Å². The maximum absolute atomic E-state index is 2.58. The third kappa shape index (κ3) is 3.77. The van der Waals surface area contributed by atoms with Crippen LogP contribution in [0.1, 0.15) is 0 Å². The second-order valence-corrected chi connectivity index (χ2v) is 23.5. The van der Waals surface area contributed by atoms with Crippen LogP contribution in [-0.4, -0.2) is 27.1 Å². The summed E-state index contributed by atoms with van der Waals surface area (Å²) in [4.78, 5) is 0. The van der Waals surface area contributed by atoms with Crippen molar-refractivity contribution >= 4 is 48.9 Å². The van der Waals surface area contributed by atoms with Gasteiger partial charge in [0, 0.05) is 0 Å². The molecule has 0 aliphatic rings. The fraction of sp³-hybridized carbons (Fsp3) is 0.111. The van der Waals surface area contributed by atoms with Crippen molar-refractivity contribution in [1.82, 2.24) is 0 Å². The molecule has 4 rings (SSSR count). The standard InChI is InChI=1S/C27H28As2/c1-28(2,23-15-7-4-8-16-23)26-21-13-14-22-27(26)29(3,24-17-9-5-10-18-24)25-19-11-6-12-20-25/h4-22H,1-3H3. The Balaban J connectivity index is 1.99. The zero-order valence-corrected chi connectivity index (χ0v) is 21.1. The van der Waals surface area contributed by atoms with Crippen LogP contribution >= 0.6 is 0 Å². The molecule has 0 aliphatic heterocycles. The van der Waals surface area contributed by atoms with Crippen LogP contribution in [0.2, 0.25) is 17.1 Å². The van der Waals surface area contributed by atoms with Crippen molar-refractivity contribution in [2.45, 2.75) is 17.1 Å². The topological polar surface area (TPSA) is 0 Å². The Labute approximate surface area is 180 Å². The SMILES string of the molecule is C[As](C)(c1ccccc1)c1ccccc1[As](C)(c1ccccc1)c1ccccc1. The summed E-state index contributed by atoms with van der Waals surface area (Å²) in [6, 6.07) is 42.9. The van der Waals surface area contributed by atoms with Gasteiger partial charge < -0.3 is 0 Å². The first-order chi connectivity index (χ1) is 14.0. The molecular weight excluding hydrogens is 474 g/mol. The van der Waals surface area contributed by atoms with E-state index in [4.69, 9.17) is 0 Å². The molecule has 0 atom stereocenters. The summed E-state index contributed by atoms with van der Waals surface area (Å²) in [5.74, 6) is 0. The predicted octanol–water partition coefficient (Wildman–Crippen LogP) is 3.61. The van der Waals surface area contributed by atoms with Crippen molar-refractivity contribution < 1.29 is 0 Å². The van der Waals surface area contributed by atoms with Gasteiger partial charge in [-0.15, -0.1) is 0 Å². The summed E-state index contributed by atoms with van der Waals surface area (Å²) in [5, 5.41) is 0. The zero-order chi connectivity index (χ0) is 20.3. The molecule has 0 saturated heterocycles. The van der Waals surface area contributed by atoms with Crippen LogP contribution in [0.25, 0.3) is 0 Å². The molecule has 146 valence electrons. The molecule has 0 saturated carbocycles. The predicted molar refractivity (Wildman–Crippen MR) is 133 cm³/mol. The summed E-state index contributed by atoms with van der Waals surface area (Å²) in [6.45, 7) is 0. The molecule has 4 aromatic carbocycles.